The number of H-pyrrole nitrogens is 1. The van der Waals surface area contributed by atoms with Crippen molar-refractivity contribution in [3.05, 3.63) is 57.4 Å². The zero-order valence-electron chi connectivity index (χ0n) is 16.7. The summed E-state index contributed by atoms with van der Waals surface area (Å²) in [6.45, 7) is 10.9. The molecule has 0 saturated heterocycles. The predicted molar refractivity (Wildman–Crippen MR) is 123 cm³/mol. The molecule has 3 rings (SSSR count). The van der Waals surface area contributed by atoms with Gasteiger partial charge in [0.1, 0.15) is 5.65 Å². The number of halogens is 1. The number of carbonyl (C=O) groups is 2. The third kappa shape index (κ3) is 4.19. The van der Waals surface area contributed by atoms with Crippen LogP contribution in [0.5, 0.6) is 0 Å². The largest absolute Gasteiger partial charge is 0.459 e. The molecule has 2 heterocycles. The number of esters is 1. The van der Waals surface area contributed by atoms with Gasteiger partial charge in [-0.2, -0.15) is 0 Å². The molecule has 2 N–H and O–H groups in total. The topological polar surface area (TPSA) is 84.1 Å². The summed E-state index contributed by atoms with van der Waals surface area (Å²) >= 11 is 2.22. The van der Waals surface area contributed by atoms with Gasteiger partial charge in [-0.15, -0.1) is 0 Å². The highest BCUT2D eigenvalue weighted by molar-refractivity contribution is 14.1. The van der Waals surface area contributed by atoms with E-state index in [2.05, 4.69) is 44.5 Å². The van der Waals surface area contributed by atoms with Gasteiger partial charge in [0.15, 0.2) is 0 Å². The standard InChI is InChI=1S/C22H22IN3O3/c1-6-17(27)25-16-9-14(8-7-12(16)4)19-18-13(5)15(22(28)29-11(2)3)10-24-21(18)26-20(19)23/h6-11H,1H2,2-5H3,(H,24,26)(H,25,27). The van der Waals surface area contributed by atoms with Crippen LogP contribution in [-0.2, 0) is 9.53 Å². The normalized spacial score (nSPS) is 11.0. The van der Waals surface area contributed by atoms with E-state index in [-0.39, 0.29) is 12.0 Å². The number of aryl methyl sites for hydroxylation is 2. The summed E-state index contributed by atoms with van der Waals surface area (Å²) in [5.74, 6) is -0.660. The molecule has 29 heavy (non-hydrogen) atoms. The Kier molecular flexibility index (Phi) is 6.07. The van der Waals surface area contributed by atoms with Crippen LogP contribution in [0.1, 0.15) is 35.3 Å². The third-order valence-electron chi connectivity index (χ3n) is 4.57. The number of pyridine rings is 1. The first-order valence-electron chi connectivity index (χ1n) is 9.15. The second-order valence-electron chi connectivity index (χ2n) is 7.01. The fourth-order valence-electron chi connectivity index (χ4n) is 3.13. The number of anilines is 1. The molecule has 7 heteroatoms. The molecule has 6 nitrogen and oxygen atoms in total. The van der Waals surface area contributed by atoms with Crippen LogP contribution in [0.2, 0.25) is 0 Å². The molecule has 0 fully saturated rings. The number of aromatic amines is 1. The zero-order valence-corrected chi connectivity index (χ0v) is 18.9. The van der Waals surface area contributed by atoms with Gasteiger partial charge in [0.2, 0.25) is 5.91 Å². The Hall–Kier alpha value is -2.68. The summed E-state index contributed by atoms with van der Waals surface area (Å²) in [6, 6.07) is 5.85. The zero-order chi connectivity index (χ0) is 21.3. The van der Waals surface area contributed by atoms with Crippen molar-refractivity contribution in [1.29, 1.82) is 0 Å². The van der Waals surface area contributed by atoms with Gasteiger partial charge in [0.05, 0.1) is 15.4 Å². The summed E-state index contributed by atoms with van der Waals surface area (Å²) in [6.07, 6.45) is 2.57. The number of hydrogen-bond acceptors (Lipinski definition) is 4. The number of fused-ring (bicyclic) bond motifs is 1. The average Bonchev–Trinajstić information content (AvgIpc) is 3.00. The quantitative estimate of drug-likeness (QED) is 0.287. The molecule has 0 atom stereocenters. The number of carbonyl (C=O) groups excluding carboxylic acids is 2. The molecule has 0 aliphatic carbocycles. The lowest BCUT2D eigenvalue weighted by Crippen LogP contribution is -2.13. The van der Waals surface area contributed by atoms with Crippen LogP contribution in [0, 0.1) is 17.5 Å². The molecule has 1 aromatic carbocycles. The van der Waals surface area contributed by atoms with Gasteiger partial charge < -0.3 is 15.0 Å². The Balaban J connectivity index is 2.18. The van der Waals surface area contributed by atoms with Gasteiger partial charge in [-0.25, -0.2) is 9.78 Å². The molecule has 0 radical (unpaired) electrons. The van der Waals surface area contributed by atoms with Crippen molar-refractivity contribution in [1.82, 2.24) is 9.97 Å². The second-order valence-corrected chi connectivity index (χ2v) is 8.09. The lowest BCUT2D eigenvalue weighted by molar-refractivity contribution is -0.111. The van der Waals surface area contributed by atoms with Crippen LogP contribution in [0.25, 0.3) is 22.2 Å². The first kappa shape index (κ1) is 21.0. The second kappa shape index (κ2) is 8.36. The SMILES string of the molecule is C=CC(=O)Nc1cc(-c2c(I)[nH]c3ncc(C(=O)OC(C)C)c(C)c23)ccc1C. The smallest absolute Gasteiger partial charge is 0.340 e. The minimum atomic E-state index is -0.392. The summed E-state index contributed by atoms with van der Waals surface area (Å²) in [5.41, 5.74) is 5.42. The van der Waals surface area contributed by atoms with Crippen molar-refractivity contribution in [2.75, 3.05) is 5.32 Å². The highest BCUT2D eigenvalue weighted by Gasteiger charge is 2.21. The van der Waals surface area contributed by atoms with E-state index in [9.17, 15) is 9.59 Å². The van der Waals surface area contributed by atoms with Crippen LogP contribution in [-0.4, -0.2) is 27.9 Å². The molecule has 3 aromatic rings. The Labute approximate surface area is 182 Å². The number of rotatable bonds is 5. The number of amides is 1. The molecular formula is C22H22IN3O3. The molecule has 0 bridgehead atoms. The Bertz CT molecular complexity index is 1130. The van der Waals surface area contributed by atoms with E-state index in [0.717, 1.165) is 31.3 Å². The molecule has 0 aliphatic rings. The number of benzene rings is 1. The fraction of sp³-hybridized carbons (Fsp3) is 0.227. The van der Waals surface area contributed by atoms with E-state index in [1.807, 2.05) is 45.9 Å². The number of nitrogens with zero attached hydrogens (tertiary/aromatic N) is 1. The van der Waals surface area contributed by atoms with Crippen molar-refractivity contribution >= 4 is 51.2 Å². The van der Waals surface area contributed by atoms with E-state index >= 15 is 0 Å². The van der Waals surface area contributed by atoms with E-state index in [1.165, 1.54) is 6.08 Å². The molecule has 0 unspecified atom stereocenters. The van der Waals surface area contributed by atoms with Crippen LogP contribution in [0.3, 0.4) is 0 Å². The maximum absolute atomic E-state index is 12.5. The van der Waals surface area contributed by atoms with Crippen LogP contribution in [0.15, 0.2) is 37.1 Å². The summed E-state index contributed by atoms with van der Waals surface area (Å²) < 4.78 is 6.26. The van der Waals surface area contributed by atoms with E-state index in [0.29, 0.717) is 16.9 Å². The summed E-state index contributed by atoms with van der Waals surface area (Å²) in [4.78, 5) is 32.0. The average molecular weight is 503 g/mol. The van der Waals surface area contributed by atoms with Gasteiger partial charge in [-0.05, 0) is 79.1 Å². The number of nitrogens with one attached hydrogen (secondary N) is 2. The first-order valence-corrected chi connectivity index (χ1v) is 10.2. The highest BCUT2D eigenvalue weighted by Crippen LogP contribution is 2.37. The maximum atomic E-state index is 12.5. The monoisotopic (exact) mass is 503 g/mol. The van der Waals surface area contributed by atoms with Crippen molar-refractivity contribution in [3.63, 3.8) is 0 Å². The van der Waals surface area contributed by atoms with Crippen molar-refractivity contribution in [3.8, 4) is 11.1 Å². The number of hydrogen-bond donors (Lipinski definition) is 2. The molecule has 0 spiro atoms. The van der Waals surface area contributed by atoms with Gasteiger partial charge in [-0.1, -0.05) is 18.7 Å². The van der Waals surface area contributed by atoms with E-state index in [1.54, 1.807) is 6.20 Å². The lowest BCUT2D eigenvalue weighted by atomic mass is 9.98. The molecular weight excluding hydrogens is 481 g/mol. The van der Waals surface area contributed by atoms with Crippen LogP contribution < -0.4 is 5.32 Å². The summed E-state index contributed by atoms with van der Waals surface area (Å²) in [5, 5.41) is 3.69. The van der Waals surface area contributed by atoms with Gasteiger partial charge in [0, 0.05) is 22.8 Å². The minimum Gasteiger partial charge on any atom is -0.459 e. The third-order valence-corrected chi connectivity index (χ3v) is 5.38. The molecule has 0 aliphatic heterocycles. The fourth-order valence-corrected chi connectivity index (χ4v) is 3.97. The predicted octanol–water partition coefficient (Wildman–Crippen LogP) is 5.14. The van der Waals surface area contributed by atoms with Gasteiger partial charge in [-0.3, -0.25) is 4.79 Å². The van der Waals surface area contributed by atoms with E-state index in [4.69, 9.17) is 4.74 Å². The molecule has 2 aromatic heterocycles. The Morgan fingerprint density at radius 1 is 1.31 bits per heavy atom. The Morgan fingerprint density at radius 2 is 2.03 bits per heavy atom. The van der Waals surface area contributed by atoms with Gasteiger partial charge in [0.25, 0.3) is 0 Å². The van der Waals surface area contributed by atoms with E-state index < -0.39 is 5.97 Å². The van der Waals surface area contributed by atoms with Crippen LogP contribution in [0.4, 0.5) is 5.69 Å². The molecule has 1 amide bonds. The number of aromatic nitrogens is 2. The number of ether oxygens (including phenoxy) is 1. The highest BCUT2D eigenvalue weighted by atomic mass is 127. The minimum absolute atomic E-state index is 0.212. The lowest BCUT2D eigenvalue weighted by Gasteiger charge is -2.12. The first-order chi connectivity index (χ1) is 13.7. The molecule has 0 saturated carbocycles. The van der Waals surface area contributed by atoms with Gasteiger partial charge >= 0.3 is 5.97 Å². The van der Waals surface area contributed by atoms with Crippen molar-refractivity contribution in [2.45, 2.75) is 33.8 Å². The van der Waals surface area contributed by atoms with Crippen molar-refractivity contribution < 1.29 is 14.3 Å². The van der Waals surface area contributed by atoms with Crippen molar-refractivity contribution in [2.24, 2.45) is 0 Å². The molecule has 150 valence electrons. The Morgan fingerprint density at radius 3 is 2.69 bits per heavy atom. The summed E-state index contributed by atoms with van der Waals surface area (Å²) in [7, 11) is 0. The van der Waals surface area contributed by atoms with Crippen LogP contribution >= 0.6 is 22.6 Å². The maximum Gasteiger partial charge on any atom is 0.340 e.